The molecule has 0 aromatic heterocycles. The molecule has 2 heterocycles. The summed E-state index contributed by atoms with van der Waals surface area (Å²) >= 11 is 0. The first-order chi connectivity index (χ1) is 12.0. The third kappa shape index (κ3) is 2.16. The highest BCUT2D eigenvalue weighted by molar-refractivity contribution is 6.27. The maximum Gasteiger partial charge on any atom is 0.262 e. The average Bonchev–Trinajstić information content (AvgIpc) is 2.61. The SMILES string of the molecule is NCc1ccc2c3c(cccc13)C(=O)N(C1CCC(=O)NC1=O)C2=O. The van der Waals surface area contributed by atoms with Crippen LogP contribution in [0.4, 0.5) is 0 Å². The van der Waals surface area contributed by atoms with E-state index in [-0.39, 0.29) is 12.8 Å². The van der Waals surface area contributed by atoms with E-state index in [0.717, 1.165) is 15.8 Å². The zero-order valence-electron chi connectivity index (χ0n) is 13.2. The number of amides is 4. The van der Waals surface area contributed by atoms with Crippen molar-refractivity contribution >= 4 is 34.4 Å². The fraction of sp³-hybridized carbons (Fsp3) is 0.222. The number of hydrogen-bond donors (Lipinski definition) is 2. The van der Waals surface area contributed by atoms with Crippen LogP contribution in [0, 0.1) is 0 Å². The van der Waals surface area contributed by atoms with Crippen molar-refractivity contribution in [3.05, 3.63) is 47.0 Å². The second-order valence-corrected chi connectivity index (χ2v) is 6.15. The van der Waals surface area contributed by atoms with Crippen molar-refractivity contribution in [2.45, 2.75) is 25.4 Å². The molecule has 2 aromatic carbocycles. The zero-order chi connectivity index (χ0) is 17.7. The van der Waals surface area contributed by atoms with Gasteiger partial charge in [-0.15, -0.1) is 0 Å². The van der Waals surface area contributed by atoms with Gasteiger partial charge in [0.1, 0.15) is 6.04 Å². The van der Waals surface area contributed by atoms with Crippen molar-refractivity contribution in [1.29, 1.82) is 0 Å². The Bertz CT molecular complexity index is 944. The molecule has 4 rings (SSSR count). The van der Waals surface area contributed by atoms with Crippen molar-refractivity contribution in [2.75, 3.05) is 0 Å². The molecule has 7 nitrogen and oxygen atoms in total. The predicted molar refractivity (Wildman–Crippen MR) is 88.5 cm³/mol. The number of imide groups is 2. The zero-order valence-corrected chi connectivity index (χ0v) is 13.2. The average molecular weight is 337 g/mol. The van der Waals surface area contributed by atoms with E-state index in [1.807, 2.05) is 6.07 Å². The molecule has 2 aromatic rings. The van der Waals surface area contributed by atoms with Gasteiger partial charge in [0.2, 0.25) is 11.8 Å². The molecule has 3 N–H and O–H groups in total. The molecule has 2 aliphatic heterocycles. The van der Waals surface area contributed by atoms with Gasteiger partial charge in [-0.3, -0.25) is 29.4 Å². The molecule has 0 radical (unpaired) electrons. The molecule has 1 fully saturated rings. The van der Waals surface area contributed by atoms with Gasteiger partial charge in [0.15, 0.2) is 0 Å². The summed E-state index contributed by atoms with van der Waals surface area (Å²) in [5.41, 5.74) is 7.33. The third-order valence-corrected chi connectivity index (χ3v) is 4.77. The molecule has 0 bridgehead atoms. The van der Waals surface area contributed by atoms with Gasteiger partial charge in [0.25, 0.3) is 11.8 Å². The summed E-state index contributed by atoms with van der Waals surface area (Å²) in [7, 11) is 0. The van der Waals surface area contributed by atoms with Gasteiger partial charge < -0.3 is 5.73 Å². The number of benzene rings is 2. The maximum atomic E-state index is 12.9. The van der Waals surface area contributed by atoms with Crippen LogP contribution in [0.5, 0.6) is 0 Å². The lowest BCUT2D eigenvalue weighted by Gasteiger charge is -2.34. The Morgan fingerprint density at radius 3 is 2.44 bits per heavy atom. The Morgan fingerprint density at radius 1 is 1.04 bits per heavy atom. The molecule has 1 unspecified atom stereocenters. The van der Waals surface area contributed by atoms with Gasteiger partial charge in [-0.25, -0.2) is 0 Å². The first kappa shape index (κ1) is 15.5. The van der Waals surface area contributed by atoms with Gasteiger partial charge in [0.05, 0.1) is 0 Å². The second kappa shape index (κ2) is 5.49. The van der Waals surface area contributed by atoms with Gasteiger partial charge in [-0.1, -0.05) is 18.2 Å². The van der Waals surface area contributed by atoms with Crippen LogP contribution in [0.2, 0.25) is 0 Å². The van der Waals surface area contributed by atoms with Crippen LogP contribution in [0.25, 0.3) is 10.8 Å². The van der Waals surface area contributed by atoms with Crippen LogP contribution in [-0.2, 0) is 16.1 Å². The Labute approximate surface area is 142 Å². The lowest BCUT2D eigenvalue weighted by molar-refractivity contribution is -0.136. The normalized spacial score (nSPS) is 20.2. The Hall–Kier alpha value is -3.06. The number of piperidine rings is 1. The minimum atomic E-state index is -0.977. The van der Waals surface area contributed by atoms with Gasteiger partial charge in [-0.05, 0) is 29.5 Å². The molecule has 0 aliphatic carbocycles. The van der Waals surface area contributed by atoms with Gasteiger partial charge in [0, 0.05) is 29.5 Å². The fourth-order valence-corrected chi connectivity index (χ4v) is 3.56. The highest BCUT2D eigenvalue weighted by Crippen LogP contribution is 2.33. The highest BCUT2D eigenvalue weighted by atomic mass is 16.2. The summed E-state index contributed by atoms with van der Waals surface area (Å²) in [6, 6.07) is 7.62. The Morgan fingerprint density at radius 2 is 1.76 bits per heavy atom. The fourth-order valence-electron chi connectivity index (χ4n) is 3.56. The van der Waals surface area contributed by atoms with E-state index < -0.39 is 29.7 Å². The van der Waals surface area contributed by atoms with Crippen molar-refractivity contribution in [3.8, 4) is 0 Å². The van der Waals surface area contributed by atoms with E-state index in [0.29, 0.717) is 23.1 Å². The number of nitrogens with one attached hydrogen (secondary N) is 1. The van der Waals surface area contributed by atoms with Crippen molar-refractivity contribution in [2.24, 2.45) is 5.73 Å². The van der Waals surface area contributed by atoms with E-state index in [1.54, 1.807) is 24.3 Å². The van der Waals surface area contributed by atoms with Crippen LogP contribution in [-0.4, -0.2) is 34.6 Å². The first-order valence-corrected chi connectivity index (χ1v) is 7.99. The van der Waals surface area contributed by atoms with Crippen LogP contribution >= 0.6 is 0 Å². The molecular weight excluding hydrogens is 322 g/mol. The van der Waals surface area contributed by atoms with E-state index in [4.69, 9.17) is 5.73 Å². The summed E-state index contributed by atoms with van der Waals surface area (Å²) in [5.74, 6) is -2.06. The monoisotopic (exact) mass is 337 g/mol. The summed E-state index contributed by atoms with van der Waals surface area (Å²) < 4.78 is 0. The molecule has 1 atom stereocenters. The Kier molecular flexibility index (Phi) is 3.40. The molecule has 7 heteroatoms. The molecule has 0 spiro atoms. The molecule has 25 heavy (non-hydrogen) atoms. The van der Waals surface area contributed by atoms with E-state index in [2.05, 4.69) is 5.32 Å². The number of nitrogens with two attached hydrogens (primary N) is 1. The lowest BCUT2D eigenvalue weighted by Crippen LogP contribution is -2.57. The molecule has 2 aliphatic rings. The summed E-state index contributed by atoms with van der Waals surface area (Å²) in [5, 5.41) is 3.53. The molecule has 4 amide bonds. The molecule has 1 saturated heterocycles. The van der Waals surface area contributed by atoms with Crippen LogP contribution < -0.4 is 11.1 Å². The summed E-state index contributed by atoms with van der Waals surface area (Å²) in [6.45, 7) is 0.291. The van der Waals surface area contributed by atoms with E-state index in [1.165, 1.54) is 0 Å². The predicted octanol–water partition coefficient (Wildman–Crippen LogP) is 0.700. The third-order valence-electron chi connectivity index (χ3n) is 4.77. The number of carbonyl (C=O) groups is 4. The van der Waals surface area contributed by atoms with Gasteiger partial charge >= 0.3 is 0 Å². The molecular formula is C18H15N3O4. The lowest BCUT2D eigenvalue weighted by atomic mass is 9.89. The molecule has 0 saturated carbocycles. The van der Waals surface area contributed by atoms with Crippen molar-refractivity contribution in [1.82, 2.24) is 10.2 Å². The first-order valence-electron chi connectivity index (χ1n) is 7.99. The van der Waals surface area contributed by atoms with Crippen LogP contribution in [0.15, 0.2) is 30.3 Å². The van der Waals surface area contributed by atoms with E-state index in [9.17, 15) is 19.2 Å². The quantitative estimate of drug-likeness (QED) is 0.784. The van der Waals surface area contributed by atoms with E-state index >= 15 is 0 Å². The topological polar surface area (TPSA) is 110 Å². The van der Waals surface area contributed by atoms with Crippen molar-refractivity contribution < 1.29 is 19.2 Å². The maximum absolute atomic E-state index is 12.9. The highest BCUT2D eigenvalue weighted by Gasteiger charge is 2.42. The van der Waals surface area contributed by atoms with Crippen molar-refractivity contribution in [3.63, 3.8) is 0 Å². The summed E-state index contributed by atoms with van der Waals surface area (Å²) in [6.07, 6.45) is 0.227. The van der Waals surface area contributed by atoms with Crippen LogP contribution in [0.3, 0.4) is 0 Å². The minimum absolute atomic E-state index is 0.0939. The number of nitrogens with zero attached hydrogens (tertiary/aromatic N) is 1. The van der Waals surface area contributed by atoms with Crippen LogP contribution in [0.1, 0.15) is 39.1 Å². The number of hydrogen-bond acceptors (Lipinski definition) is 5. The standard InChI is InChI=1S/C18H15N3O4/c19-8-9-4-5-12-15-10(9)2-1-3-11(15)17(24)21(18(12)25)13-6-7-14(22)20-16(13)23/h1-5,13H,6-8,19H2,(H,20,22,23). The number of rotatable bonds is 2. The van der Waals surface area contributed by atoms with Gasteiger partial charge in [-0.2, -0.15) is 0 Å². The molecule has 126 valence electrons. The largest absolute Gasteiger partial charge is 0.326 e. The summed E-state index contributed by atoms with van der Waals surface area (Å²) in [4.78, 5) is 50.4. The number of carbonyl (C=O) groups excluding carboxylic acids is 4. The second-order valence-electron chi connectivity index (χ2n) is 6.15. The minimum Gasteiger partial charge on any atom is -0.326 e. The Balaban J connectivity index is 1.88. The smallest absolute Gasteiger partial charge is 0.262 e.